The molecule has 0 amide bonds. The van der Waals surface area contributed by atoms with E-state index >= 15 is 0 Å². The molecular weight excluding hydrogens is 188 g/mol. The lowest BCUT2D eigenvalue weighted by Gasteiger charge is -2.14. The molecule has 4 heteroatoms. The second kappa shape index (κ2) is 4.47. The summed E-state index contributed by atoms with van der Waals surface area (Å²) < 4.78 is 0. The van der Waals surface area contributed by atoms with E-state index in [1.54, 1.807) is 0 Å². The first-order valence-corrected chi connectivity index (χ1v) is 5.57. The van der Waals surface area contributed by atoms with Gasteiger partial charge in [-0.25, -0.2) is 4.98 Å². The maximum Gasteiger partial charge on any atom is 0.224 e. The third-order valence-corrected chi connectivity index (χ3v) is 2.89. The Kier molecular flexibility index (Phi) is 3.04. The minimum absolute atomic E-state index is 0.600. The molecule has 1 aromatic rings. The molecule has 15 heavy (non-hydrogen) atoms. The molecule has 4 nitrogen and oxygen atoms in total. The topological polar surface area (TPSA) is 49.8 Å². The predicted octanol–water partition coefficient (Wildman–Crippen LogP) is 2.18. The molecule has 0 saturated heterocycles. The van der Waals surface area contributed by atoms with E-state index in [9.17, 15) is 0 Å². The quantitative estimate of drug-likeness (QED) is 0.796. The molecule has 0 radical (unpaired) electrons. The molecule has 0 atom stereocenters. The third-order valence-electron chi connectivity index (χ3n) is 2.89. The average molecular weight is 206 g/mol. The number of hydrogen-bond donors (Lipinski definition) is 2. The molecule has 0 unspecified atom stereocenters. The number of aryl methyl sites for hydroxylation is 1. The number of hydrogen-bond acceptors (Lipinski definition) is 4. The van der Waals surface area contributed by atoms with Gasteiger partial charge in [0.2, 0.25) is 5.95 Å². The maximum absolute atomic E-state index is 4.42. The number of nitrogens with one attached hydrogen (secondary N) is 2. The predicted molar refractivity (Wildman–Crippen MR) is 62.2 cm³/mol. The highest BCUT2D eigenvalue weighted by molar-refractivity contribution is 5.46. The highest BCUT2D eigenvalue weighted by Gasteiger charge is 2.16. The monoisotopic (exact) mass is 206 g/mol. The van der Waals surface area contributed by atoms with Crippen LogP contribution in [0.15, 0.2) is 6.20 Å². The zero-order chi connectivity index (χ0) is 10.7. The molecule has 0 spiro atoms. The van der Waals surface area contributed by atoms with Crippen LogP contribution in [-0.4, -0.2) is 23.1 Å². The molecular formula is C11H18N4. The average Bonchev–Trinajstić information content (AvgIpc) is 2.74. The van der Waals surface area contributed by atoms with Gasteiger partial charge in [-0.2, -0.15) is 4.98 Å². The lowest BCUT2D eigenvalue weighted by Crippen LogP contribution is -2.17. The van der Waals surface area contributed by atoms with E-state index in [0.717, 1.165) is 11.4 Å². The van der Waals surface area contributed by atoms with Crippen LogP contribution >= 0.6 is 0 Å². The first-order chi connectivity index (χ1) is 7.29. The van der Waals surface area contributed by atoms with Crippen LogP contribution in [0.4, 0.5) is 11.8 Å². The molecule has 1 aromatic heterocycles. The molecule has 2 N–H and O–H groups in total. The summed E-state index contributed by atoms with van der Waals surface area (Å²) in [6, 6.07) is 0.600. The summed E-state index contributed by atoms with van der Waals surface area (Å²) in [6.07, 6.45) is 7.05. The Morgan fingerprint density at radius 1 is 1.33 bits per heavy atom. The van der Waals surface area contributed by atoms with Gasteiger partial charge in [-0.15, -0.1) is 0 Å². The molecule has 0 aliphatic heterocycles. The highest BCUT2D eigenvalue weighted by atomic mass is 15.1. The molecule has 1 aliphatic carbocycles. The Labute approximate surface area is 90.5 Å². The van der Waals surface area contributed by atoms with E-state index in [0.29, 0.717) is 12.0 Å². The smallest absolute Gasteiger partial charge is 0.224 e. The summed E-state index contributed by atoms with van der Waals surface area (Å²) in [7, 11) is 1.84. The molecule has 82 valence electrons. The lowest BCUT2D eigenvalue weighted by atomic mass is 10.2. The second-order valence-corrected chi connectivity index (χ2v) is 4.10. The van der Waals surface area contributed by atoms with Gasteiger partial charge in [0.05, 0.1) is 0 Å². The van der Waals surface area contributed by atoms with Gasteiger partial charge in [-0.1, -0.05) is 12.8 Å². The van der Waals surface area contributed by atoms with E-state index in [1.165, 1.54) is 25.7 Å². The fourth-order valence-corrected chi connectivity index (χ4v) is 1.97. The summed E-state index contributed by atoms with van der Waals surface area (Å²) in [6.45, 7) is 2.04. The van der Waals surface area contributed by atoms with Crippen LogP contribution in [0.1, 0.15) is 31.2 Å². The van der Waals surface area contributed by atoms with Crippen LogP contribution in [0, 0.1) is 6.92 Å². The van der Waals surface area contributed by atoms with Crippen LogP contribution in [0.2, 0.25) is 0 Å². The number of aromatic nitrogens is 2. The van der Waals surface area contributed by atoms with E-state index in [2.05, 4.69) is 20.6 Å². The van der Waals surface area contributed by atoms with Crippen molar-refractivity contribution in [2.45, 2.75) is 38.6 Å². The van der Waals surface area contributed by atoms with Crippen LogP contribution in [0.25, 0.3) is 0 Å². The zero-order valence-electron chi connectivity index (χ0n) is 9.38. The fourth-order valence-electron chi connectivity index (χ4n) is 1.97. The summed E-state index contributed by atoms with van der Waals surface area (Å²) in [5.74, 6) is 1.65. The highest BCUT2D eigenvalue weighted by Crippen LogP contribution is 2.23. The first-order valence-electron chi connectivity index (χ1n) is 5.57. The Morgan fingerprint density at radius 3 is 2.73 bits per heavy atom. The SMILES string of the molecule is CNc1ncc(C)c(NC2CCCC2)n1. The Balaban J connectivity index is 2.11. The lowest BCUT2D eigenvalue weighted by molar-refractivity contribution is 0.748. The van der Waals surface area contributed by atoms with Crippen molar-refractivity contribution in [1.29, 1.82) is 0 Å². The summed E-state index contributed by atoms with van der Waals surface area (Å²) >= 11 is 0. The van der Waals surface area contributed by atoms with Gasteiger partial charge in [0, 0.05) is 24.8 Å². The molecule has 0 aromatic carbocycles. The molecule has 1 saturated carbocycles. The minimum Gasteiger partial charge on any atom is -0.367 e. The van der Waals surface area contributed by atoms with Crippen LogP contribution < -0.4 is 10.6 Å². The van der Waals surface area contributed by atoms with Gasteiger partial charge in [-0.05, 0) is 19.8 Å². The standard InChI is InChI=1S/C11H18N4/c1-8-7-13-11(12-2)15-10(8)14-9-5-3-4-6-9/h7,9H,3-6H2,1-2H3,(H2,12,13,14,15). The Hall–Kier alpha value is -1.32. The number of nitrogens with zero attached hydrogens (tertiary/aromatic N) is 2. The fraction of sp³-hybridized carbons (Fsp3) is 0.636. The van der Waals surface area contributed by atoms with Crippen LogP contribution in [0.3, 0.4) is 0 Å². The second-order valence-electron chi connectivity index (χ2n) is 4.10. The van der Waals surface area contributed by atoms with Crippen molar-refractivity contribution in [2.24, 2.45) is 0 Å². The van der Waals surface area contributed by atoms with Crippen molar-refractivity contribution in [1.82, 2.24) is 9.97 Å². The molecule has 1 fully saturated rings. The van der Waals surface area contributed by atoms with Gasteiger partial charge in [0.1, 0.15) is 5.82 Å². The van der Waals surface area contributed by atoms with Crippen LogP contribution in [-0.2, 0) is 0 Å². The van der Waals surface area contributed by atoms with E-state index in [-0.39, 0.29) is 0 Å². The van der Waals surface area contributed by atoms with Gasteiger partial charge in [-0.3, -0.25) is 0 Å². The minimum atomic E-state index is 0.600. The van der Waals surface area contributed by atoms with Crippen molar-refractivity contribution in [3.05, 3.63) is 11.8 Å². The van der Waals surface area contributed by atoms with Crippen molar-refractivity contribution >= 4 is 11.8 Å². The molecule has 0 bridgehead atoms. The normalized spacial score (nSPS) is 16.7. The van der Waals surface area contributed by atoms with Crippen molar-refractivity contribution in [3.63, 3.8) is 0 Å². The zero-order valence-corrected chi connectivity index (χ0v) is 9.38. The molecule has 1 heterocycles. The summed E-state index contributed by atoms with van der Waals surface area (Å²) in [5, 5.41) is 6.45. The van der Waals surface area contributed by atoms with Gasteiger partial charge >= 0.3 is 0 Å². The molecule has 2 rings (SSSR count). The summed E-state index contributed by atoms with van der Waals surface area (Å²) in [4.78, 5) is 8.59. The van der Waals surface area contributed by atoms with E-state index in [4.69, 9.17) is 0 Å². The van der Waals surface area contributed by atoms with E-state index < -0.39 is 0 Å². The molecule has 1 aliphatic rings. The van der Waals surface area contributed by atoms with Crippen molar-refractivity contribution in [3.8, 4) is 0 Å². The van der Waals surface area contributed by atoms with Gasteiger partial charge in [0.25, 0.3) is 0 Å². The van der Waals surface area contributed by atoms with Gasteiger partial charge in [0.15, 0.2) is 0 Å². The Morgan fingerprint density at radius 2 is 2.07 bits per heavy atom. The van der Waals surface area contributed by atoms with Crippen LogP contribution in [0.5, 0.6) is 0 Å². The summed E-state index contributed by atoms with van der Waals surface area (Å²) in [5.41, 5.74) is 1.11. The maximum atomic E-state index is 4.42. The van der Waals surface area contributed by atoms with E-state index in [1.807, 2.05) is 20.2 Å². The largest absolute Gasteiger partial charge is 0.367 e. The van der Waals surface area contributed by atoms with Crippen molar-refractivity contribution < 1.29 is 0 Å². The Bertz CT molecular complexity index is 331. The van der Waals surface area contributed by atoms with Gasteiger partial charge < -0.3 is 10.6 Å². The number of rotatable bonds is 3. The van der Waals surface area contributed by atoms with Crippen molar-refractivity contribution in [2.75, 3.05) is 17.7 Å². The first kappa shape index (κ1) is 10.2. The number of anilines is 2. The third kappa shape index (κ3) is 2.37.